The molecule has 0 amide bonds. The number of aliphatic hydroxyl groups excluding tert-OH is 3. The van der Waals surface area contributed by atoms with Crippen LogP contribution in [0.1, 0.15) is 5.56 Å². The summed E-state index contributed by atoms with van der Waals surface area (Å²) in [5.74, 6) is 0.748. The van der Waals surface area contributed by atoms with Crippen LogP contribution in [0.25, 0.3) is 0 Å². The van der Waals surface area contributed by atoms with E-state index in [0.717, 1.165) is 11.3 Å². The normalized spacial score (nSPS) is 12.7. The molecule has 102 valence electrons. The summed E-state index contributed by atoms with van der Waals surface area (Å²) in [4.78, 5) is 0. The van der Waals surface area contributed by atoms with Crippen molar-refractivity contribution in [3.63, 3.8) is 0 Å². The Hall–Kier alpha value is -1.14. The highest BCUT2D eigenvalue weighted by atomic mass is 16.5. The average molecular weight is 255 g/mol. The molecule has 5 nitrogen and oxygen atoms in total. The molecule has 1 aromatic carbocycles. The van der Waals surface area contributed by atoms with Crippen molar-refractivity contribution < 1.29 is 20.1 Å². The van der Waals surface area contributed by atoms with Crippen molar-refractivity contribution in [2.24, 2.45) is 0 Å². The Morgan fingerprint density at radius 1 is 1.22 bits per heavy atom. The van der Waals surface area contributed by atoms with Gasteiger partial charge in [-0.15, -0.1) is 0 Å². The molecule has 1 aromatic rings. The molecule has 0 radical (unpaired) electrons. The van der Waals surface area contributed by atoms with Gasteiger partial charge in [-0.2, -0.15) is 0 Å². The van der Waals surface area contributed by atoms with Gasteiger partial charge in [-0.3, -0.25) is 0 Å². The number of aryl methyl sites for hydroxylation is 1. The van der Waals surface area contributed by atoms with Gasteiger partial charge in [0.2, 0.25) is 0 Å². The molecule has 0 aliphatic heterocycles. The van der Waals surface area contributed by atoms with E-state index in [2.05, 4.69) is 5.32 Å². The predicted molar refractivity (Wildman–Crippen MR) is 68.6 cm³/mol. The minimum absolute atomic E-state index is 0.165. The molecule has 0 bridgehead atoms. The second-order valence-corrected chi connectivity index (χ2v) is 4.20. The number of ether oxygens (including phenoxy) is 1. The Morgan fingerprint density at radius 3 is 2.50 bits per heavy atom. The van der Waals surface area contributed by atoms with Gasteiger partial charge in [0, 0.05) is 6.54 Å². The number of benzene rings is 1. The van der Waals surface area contributed by atoms with Gasteiger partial charge in [-0.25, -0.2) is 0 Å². The van der Waals surface area contributed by atoms with Gasteiger partial charge in [-0.05, 0) is 18.6 Å². The molecule has 0 aliphatic carbocycles. The third-order valence-electron chi connectivity index (χ3n) is 2.61. The van der Waals surface area contributed by atoms with Gasteiger partial charge in [0.1, 0.15) is 18.5 Å². The number of para-hydroxylation sites is 1. The smallest absolute Gasteiger partial charge is 0.122 e. The van der Waals surface area contributed by atoms with Gasteiger partial charge >= 0.3 is 0 Å². The Morgan fingerprint density at radius 2 is 1.89 bits per heavy atom. The summed E-state index contributed by atoms with van der Waals surface area (Å²) in [7, 11) is 0. The van der Waals surface area contributed by atoms with Gasteiger partial charge in [-0.1, -0.05) is 18.2 Å². The van der Waals surface area contributed by atoms with Crippen molar-refractivity contribution in [3.8, 4) is 5.75 Å². The van der Waals surface area contributed by atoms with Crippen LogP contribution in [0.4, 0.5) is 0 Å². The fourth-order valence-electron chi connectivity index (χ4n) is 1.45. The first kappa shape index (κ1) is 14.9. The molecule has 18 heavy (non-hydrogen) atoms. The van der Waals surface area contributed by atoms with Crippen LogP contribution in [-0.2, 0) is 0 Å². The summed E-state index contributed by atoms with van der Waals surface area (Å²) in [6.45, 7) is 2.04. The highest BCUT2D eigenvalue weighted by Gasteiger charge is 2.10. The highest BCUT2D eigenvalue weighted by Crippen LogP contribution is 2.16. The van der Waals surface area contributed by atoms with Gasteiger partial charge < -0.3 is 25.4 Å². The Balaban J connectivity index is 2.29. The number of hydrogen-bond donors (Lipinski definition) is 4. The molecule has 1 rings (SSSR count). The summed E-state index contributed by atoms with van der Waals surface area (Å²) in [5, 5.41) is 30.2. The van der Waals surface area contributed by atoms with E-state index in [-0.39, 0.29) is 26.4 Å². The minimum Gasteiger partial charge on any atom is -0.491 e. The molecule has 1 atom stereocenters. The van der Waals surface area contributed by atoms with Crippen molar-refractivity contribution in [2.75, 3.05) is 26.4 Å². The monoisotopic (exact) mass is 255 g/mol. The molecule has 4 N–H and O–H groups in total. The molecule has 0 fully saturated rings. The largest absolute Gasteiger partial charge is 0.491 e. The first-order valence-electron chi connectivity index (χ1n) is 5.99. The summed E-state index contributed by atoms with van der Waals surface area (Å²) < 4.78 is 5.48. The van der Waals surface area contributed by atoms with E-state index in [1.165, 1.54) is 0 Å². The topological polar surface area (TPSA) is 82.0 Å². The number of nitrogens with one attached hydrogen (secondary N) is 1. The van der Waals surface area contributed by atoms with Crippen LogP contribution in [0.5, 0.6) is 5.75 Å². The molecule has 0 heterocycles. The van der Waals surface area contributed by atoms with Crippen LogP contribution in [0.15, 0.2) is 24.3 Å². The maximum absolute atomic E-state index is 9.69. The minimum atomic E-state index is -0.690. The van der Waals surface area contributed by atoms with Crippen LogP contribution in [0.2, 0.25) is 0 Å². The van der Waals surface area contributed by atoms with Crippen LogP contribution in [-0.4, -0.2) is 53.8 Å². The first-order valence-corrected chi connectivity index (χ1v) is 5.99. The molecule has 5 heteroatoms. The molecule has 0 saturated carbocycles. The van der Waals surface area contributed by atoms with Crippen LogP contribution in [0, 0.1) is 6.92 Å². The van der Waals surface area contributed by atoms with E-state index in [9.17, 15) is 5.11 Å². The fraction of sp³-hybridized carbons (Fsp3) is 0.538. The van der Waals surface area contributed by atoms with Crippen molar-refractivity contribution in [1.82, 2.24) is 5.32 Å². The number of aliphatic hydroxyl groups is 3. The lowest BCUT2D eigenvalue weighted by molar-refractivity contribution is 0.0927. The summed E-state index contributed by atoms with van der Waals surface area (Å²) >= 11 is 0. The number of rotatable bonds is 8. The zero-order chi connectivity index (χ0) is 13.4. The number of hydrogen-bond acceptors (Lipinski definition) is 5. The lowest BCUT2D eigenvalue weighted by Crippen LogP contribution is -2.41. The Labute approximate surface area is 107 Å². The average Bonchev–Trinajstić information content (AvgIpc) is 2.39. The van der Waals surface area contributed by atoms with Crippen LogP contribution >= 0.6 is 0 Å². The van der Waals surface area contributed by atoms with Crippen LogP contribution in [0.3, 0.4) is 0 Å². The van der Waals surface area contributed by atoms with E-state index < -0.39 is 12.1 Å². The predicted octanol–water partition coefficient (Wildman–Crippen LogP) is -0.322. The lowest BCUT2D eigenvalue weighted by atomic mass is 10.2. The van der Waals surface area contributed by atoms with Crippen molar-refractivity contribution in [3.05, 3.63) is 29.8 Å². The molecule has 0 aliphatic rings. The van der Waals surface area contributed by atoms with Gasteiger partial charge in [0.25, 0.3) is 0 Å². The zero-order valence-electron chi connectivity index (χ0n) is 10.5. The molecule has 1 unspecified atom stereocenters. The quantitative estimate of drug-likeness (QED) is 0.512. The fourth-order valence-corrected chi connectivity index (χ4v) is 1.45. The van der Waals surface area contributed by atoms with E-state index in [0.29, 0.717) is 0 Å². The molecular weight excluding hydrogens is 234 g/mol. The van der Waals surface area contributed by atoms with Crippen LogP contribution < -0.4 is 10.1 Å². The molecule has 0 spiro atoms. The SMILES string of the molecule is Cc1ccccc1OCC(O)CNC(CO)CO. The lowest BCUT2D eigenvalue weighted by Gasteiger charge is -2.17. The third-order valence-corrected chi connectivity index (χ3v) is 2.61. The molecular formula is C13H21NO4. The summed E-state index contributed by atoms with van der Waals surface area (Å²) in [6, 6.07) is 7.18. The van der Waals surface area contributed by atoms with E-state index >= 15 is 0 Å². The van der Waals surface area contributed by atoms with Gasteiger partial charge in [0.15, 0.2) is 0 Å². The zero-order valence-corrected chi connectivity index (χ0v) is 10.5. The second-order valence-electron chi connectivity index (χ2n) is 4.20. The first-order chi connectivity index (χ1) is 8.67. The molecule has 0 saturated heterocycles. The summed E-state index contributed by atoms with van der Waals surface area (Å²) in [5.41, 5.74) is 1.02. The Bertz CT molecular complexity index is 342. The van der Waals surface area contributed by atoms with Gasteiger partial charge in [0.05, 0.1) is 19.3 Å². The van der Waals surface area contributed by atoms with Crippen molar-refractivity contribution in [1.29, 1.82) is 0 Å². The van der Waals surface area contributed by atoms with Crippen molar-refractivity contribution >= 4 is 0 Å². The maximum atomic E-state index is 9.69. The Kier molecular flexibility index (Phi) is 6.67. The van der Waals surface area contributed by atoms with Crippen molar-refractivity contribution in [2.45, 2.75) is 19.1 Å². The second kappa shape index (κ2) is 8.05. The standard InChI is InChI=1S/C13H21NO4/c1-10-4-2-3-5-13(10)18-9-12(17)6-14-11(7-15)8-16/h2-5,11-12,14-17H,6-9H2,1H3. The molecule has 0 aromatic heterocycles. The maximum Gasteiger partial charge on any atom is 0.122 e. The summed E-state index contributed by atoms with van der Waals surface area (Å²) in [6.07, 6.45) is -0.690. The third kappa shape index (κ3) is 5.01. The van der Waals surface area contributed by atoms with E-state index in [1.54, 1.807) is 0 Å². The van der Waals surface area contributed by atoms with E-state index in [4.69, 9.17) is 14.9 Å². The highest BCUT2D eigenvalue weighted by molar-refractivity contribution is 5.31. The van der Waals surface area contributed by atoms with E-state index in [1.807, 2.05) is 31.2 Å².